The van der Waals surface area contributed by atoms with Crippen molar-refractivity contribution in [3.05, 3.63) is 30.1 Å². The zero-order valence-electron chi connectivity index (χ0n) is 13.8. The Morgan fingerprint density at radius 3 is 2.78 bits per heavy atom. The number of rotatable bonds is 8. The highest BCUT2D eigenvalue weighted by atomic mass is 16.3. The van der Waals surface area contributed by atoms with Crippen molar-refractivity contribution in [2.75, 3.05) is 45.9 Å². The van der Waals surface area contributed by atoms with Crippen molar-refractivity contribution in [1.29, 1.82) is 0 Å². The van der Waals surface area contributed by atoms with Gasteiger partial charge in [0.1, 0.15) is 0 Å². The molecule has 2 atom stereocenters. The van der Waals surface area contributed by atoms with E-state index in [1.165, 1.54) is 0 Å². The maximum Gasteiger partial charge on any atom is 0.227 e. The predicted octanol–water partition coefficient (Wildman–Crippen LogP) is 0.00520. The normalized spacial score (nSPS) is 21.1. The fourth-order valence-electron chi connectivity index (χ4n) is 3.20. The summed E-state index contributed by atoms with van der Waals surface area (Å²) in [6.45, 7) is 5.87. The number of carbonyl (C=O) groups excluding carboxylic acids is 1. The number of likely N-dealkylation sites (N-methyl/N-ethyl adjacent to an activating group) is 1. The highest BCUT2D eigenvalue weighted by Gasteiger charge is 2.35. The number of nitrogens with zero attached hydrogens (tertiary/aromatic N) is 3. The number of hydrogen-bond donors (Lipinski definition) is 2. The summed E-state index contributed by atoms with van der Waals surface area (Å²) in [7, 11) is 0. The molecule has 1 aromatic rings. The first-order valence-electron chi connectivity index (χ1n) is 8.28. The number of hydrogen-bond acceptors (Lipinski definition) is 5. The molecule has 6 nitrogen and oxygen atoms in total. The van der Waals surface area contributed by atoms with Gasteiger partial charge in [-0.3, -0.25) is 9.78 Å². The topological polar surface area (TPSA) is 76.9 Å². The maximum absolute atomic E-state index is 12.5. The Hall–Kier alpha value is -1.50. The first-order valence-corrected chi connectivity index (χ1v) is 8.28. The molecule has 0 bridgehead atoms. The average molecular weight is 321 g/mol. The van der Waals surface area contributed by atoms with E-state index in [1.807, 2.05) is 17.0 Å². The number of likely N-dealkylation sites (tertiary alicyclic amines) is 1. The van der Waals surface area contributed by atoms with Crippen LogP contribution in [0.3, 0.4) is 0 Å². The monoisotopic (exact) mass is 321 g/mol. The van der Waals surface area contributed by atoms with Crippen LogP contribution in [0.4, 0.5) is 0 Å². The second-order valence-corrected chi connectivity index (χ2v) is 6.16. The molecular weight excluding hydrogens is 294 g/mol. The van der Waals surface area contributed by atoms with Gasteiger partial charge in [-0.25, -0.2) is 0 Å². The van der Waals surface area contributed by atoms with Crippen molar-refractivity contribution < 1.29 is 15.0 Å². The van der Waals surface area contributed by atoms with Crippen LogP contribution in [0, 0.1) is 11.8 Å². The Kier molecular flexibility index (Phi) is 6.95. The maximum atomic E-state index is 12.5. The Balaban J connectivity index is 1.93. The third-order valence-electron chi connectivity index (χ3n) is 4.60. The largest absolute Gasteiger partial charge is 0.396 e. The Bertz CT molecular complexity index is 483. The van der Waals surface area contributed by atoms with Gasteiger partial charge < -0.3 is 20.0 Å². The molecule has 0 unspecified atom stereocenters. The summed E-state index contributed by atoms with van der Waals surface area (Å²) in [6, 6.07) is 3.74. The first kappa shape index (κ1) is 17.8. The van der Waals surface area contributed by atoms with E-state index in [2.05, 4.69) is 16.8 Å². The standard InChI is InChI=1S/C17H27N3O3/c1-2-19(6-7-21)10-15-11-20(12-16(15)13-22)17(23)8-14-4-3-5-18-9-14/h3-5,9,15-16,21-22H,2,6-8,10-13H2,1H3/t15-,16-/m1/s1. The van der Waals surface area contributed by atoms with E-state index < -0.39 is 0 Å². The van der Waals surface area contributed by atoms with Crippen LogP contribution in [-0.4, -0.2) is 76.8 Å². The SMILES string of the molecule is CCN(CCO)C[C@@H]1CN(C(=O)Cc2cccnc2)C[C@@H]1CO. The van der Waals surface area contributed by atoms with Crippen LogP contribution in [0.25, 0.3) is 0 Å². The van der Waals surface area contributed by atoms with E-state index in [4.69, 9.17) is 5.11 Å². The zero-order chi connectivity index (χ0) is 16.7. The van der Waals surface area contributed by atoms with E-state index in [0.717, 1.165) is 18.7 Å². The summed E-state index contributed by atoms with van der Waals surface area (Å²) in [5.74, 6) is 0.453. The molecule has 2 rings (SSSR count). The van der Waals surface area contributed by atoms with Gasteiger partial charge in [0.15, 0.2) is 0 Å². The van der Waals surface area contributed by atoms with Crippen LogP contribution in [0.1, 0.15) is 12.5 Å². The first-order chi connectivity index (χ1) is 11.2. The lowest BCUT2D eigenvalue weighted by molar-refractivity contribution is -0.129. The molecule has 2 N–H and O–H groups in total. The molecule has 0 saturated carbocycles. The average Bonchev–Trinajstić information content (AvgIpc) is 2.98. The summed E-state index contributed by atoms with van der Waals surface area (Å²) >= 11 is 0. The number of aromatic nitrogens is 1. The van der Waals surface area contributed by atoms with Gasteiger partial charge in [-0.15, -0.1) is 0 Å². The minimum Gasteiger partial charge on any atom is -0.396 e. The second-order valence-electron chi connectivity index (χ2n) is 6.16. The van der Waals surface area contributed by atoms with Crippen molar-refractivity contribution in [1.82, 2.24) is 14.8 Å². The van der Waals surface area contributed by atoms with Crippen LogP contribution in [0.15, 0.2) is 24.5 Å². The molecule has 2 heterocycles. The molecule has 1 aliphatic rings. The predicted molar refractivity (Wildman–Crippen MR) is 87.8 cm³/mol. The lowest BCUT2D eigenvalue weighted by Crippen LogP contribution is -2.36. The van der Waals surface area contributed by atoms with Gasteiger partial charge in [0, 0.05) is 51.1 Å². The number of pyridine rings is 1. The molecule has 0 aliphatic carbocycles. The fourth-order valence-corrected chi connectivity index (χ4v) is 3.20. The highest BCUT2D eigenvalue weighted by molar-refractivity contribution is 5.79. The molecule has 1 aliphatic heterocycles. The molecule has 0 radical (unpaired) electrons. The number of amides is 1. The molecule has 1 aromatic heterocycles. The quantitative estimate of drug-likeness (QED) is 0.705. The van der Waals surface area contributed by atoms with Crippen molar-refractivity contribution in [2.24, 2.45) is 11.8 Å². The van der Waals surface area contributed by atoms with Crippen molar-refractivity contribution in [3.8, 4) is 0 Å². The number of aliphatic hydroxyl groups is 2. The van der Waals surface area contributed by atoms with E-state index in [0.29, 0.717) is 26.1 Å². The van der Waals surface area contributed by atoms with E-state index in [1.54, 1.807) is 12.4 Å². The smallest absolute Gasteiger partial charge is 0.227 e. The van der Waals surface area contributed by atoms with Gasteiger partial charge in [0.25, 0.3) is 0 Å². The molecule has 6 heteroatoms. The summed E-state index contributed by atoms with van der Waals surface area (Å²) in [5.41, 5.74) is 0.914. The van der Waals surface area contributed by atoms with Crippen LogP contribution < -0.4 is 0 Å². The number of aliphatic hydroxyl groups excluding tert-OH is 2. The van der Waals surface area contributed by atoms with Crippen molar-refractivity contribution in [3.63, 3.8) is 0 Å². The third-order valence-corrected chi connectivity index (χ3v) is 4.60. The Morgan fingerprint density at radius 1 is 1.39 bits per heavy atom. The molecule has 0 spiro atoms. The van der Waals surface area contributed by atoms with Gasteiger partial charge in [-0.05, 0) is 24.1 Å². The molecule has 23 heavy (non-hydrogen) atoms. The molecular formula is C17H27N3O3. The van der Waals surface area contributed by atoms with Crippen LogP contribution in [0.5, 0.6) is 0 Å². The van der Waals surface area contributed by atoms with Crippen LogP contribution in [0.2, 0.25) is 0 Å². The summed E-state index contributed by atoms with van der Waals surface area (Å²) in [4.78, 5) is 20.5. The summed E-state index contributed by atoms with van der Waals surface area (Å²) < 4.78 is 0. The molecule has 1 fully saturated rings. The minimum atomic E-state index is 0.0872. The Labute approximate surface area is 137 Å². The molecule has 1 saturated heterocycles. The van der Waals surface area contributed by atoms with Gasteiger partial charge in [-0.2, -0.15) is 0 Å². The summed E-state index contributed by atoms with van der Waals surface area (Å²) in [5, 5.41) is 18.7. The fraction of sp³-hybridized carbons (Fsp3) is 0.647. The van der Waals surface area contributed by atoms with E-state index in [9.17, 15) is 9.90 Å². The highest BCUT2D eigenvalue weighted by Crippen LogP contribution is 2.24. The Morgan fingerprint density at radius 2 is 2.17 bits per heavy atom. The van der Waals surface area contributed by atoms with Gasteiger partial charge >= 0.3 is 0 Å². The lowest BCUT2D eigenvalue weighted by Gasteiger charge is -2.25. The van der Waals surface area contributed by atoms with Crippen molar-refractivity contribution >= 4 is 5.91 Å². The van der Waals surface area contributed by atoms with Gasteiger partial charge in [-0.1, -0.05) is 13.0 Å². The molecule has 1 amide bonds. The minimum absolute atomic E-state index is 0.0872. The van der Waals surface area contributed by atoms with Gasteiger partial charge in [0.2, 0.25) is 5.91 Å². The van der Waals surface area contributed by atoms with Crippen LogP contribution >= 0.6 is 0 Å². The van der Waals surface area contributed by atoms with Crippen molar-refractivity contribution in [2.45, 2.75) is 13.3 Å². The summed E-state index contributed by atoms with van der Waals surface area (Å²) in [6.07, 6.45) is 3.77. The molecule has 0 aromatic carbocycles. The zero-order valence-corrected chi connectivity index (χ0v) is 13.8. The third kappa shape index (κ3) is 4.99. The van der Waals surface area contributed by atoms with Gasteiger partial charge in [0.05, 0.1) is 13.0 Å². The number of carbonyl (C=O) groups is 1. The second kappa shape index (κ2) is 8.96. The molecule has 128 valence electrons. The van der Waals surface area contributed by atoms with Crippen LogP contribution in [-0.2, 0) is 11.2 Å². The van der Waals surface area contributed by atoms with E-state index in [-0.39, 0.29) is 31.0 Å². The van der Waals surface area contributed by atoms with E-state index >= 15 is 0 Å². The lowest BCUT2D eigenvalue weighted by atomic mass is 9.96.